The van der Waals surface area contributed by atoms with E-state index < -0.39 is 0 Å². The molecule has 3 unspecified atom stereocenters. The highest BCUT2D eigenvalue weighted by atomic mass is 35.5. The third-order valence-corrected chi connectivity index (χ3v) is 4.83. The van der Waals surface area contributed by atoms with E-state index in [0.717, 1.165) is 37.9 Å². The molecule has 0 aromatic heterocycles. The van der Waals surface area contributed by atoms with Crippen LogP contribution < -0.4 is 11.1 Å². The van der Waals surface area contributed by atoms with Gasteiger partial charge in [-0.3, -0.25) is 9.69 Å². The first-order valence-corrected chi connectivity index (χ1v) is 8.50. The highest BCUT2D eigenvalue weighted by molar-refractivity contribution is 5.85. The number of nitrogens with zero attached hydrogens (tertiary/aromatic N) is 1. The third kappa shape index (κ3) is 5.62. The van der Waals surface area contributed by atoms with Crippen molar-refractivity contribution in [2.75, 3.05) is 19.6 Å². The molecule has 1 saturated carbocycles. The zero-order valence-corrected chi connectivity index (χ0v) is 16.2. The molecule has 0 radical (unpaired) electrons. The molecule has 24 heavy (non-hydrogen) atoms. The number of carbonyl (C=O) groups excluding carboxylic acids is 1. The second kappa shape index (κ2) is 11.7. The predicted octanol–water partition coefficient (Wildman–Crippen LogP) is 3.16. The maximum Gasteiger partial charge on any atom is 0.242 e. The summed E-state index contributed by atoms with van der Waals surface area (Å²) < 4.78 is 0. The number of nitrogens with one attached hydrogen (secondary N) is 1. The van der Waals surface area contributed by atoms with Crippen molar-refractivity contribution in [1.82, 2.24) is 10.2 Å². The van der Waals surface area contributed by atoms with Crippen molar-refractivity contribution in [3.8, 4) is 0 Å². The van der Waals surface area contributed by atoms with Crippen molar-refractivity contribution >= 4 is 30.7 Å². The quantitative estimate of drug-likeness (QED) is 0.769. The fraction of sp³-hybridized carbons (Fsp3) is 0.611. The number of nitrogens with two attached hydrogens (primary N) is 1. The van der Waals surface area contributed by atoms with Crippen molar-refractivity contribution < 1.29 is 4.79 Å². The van der Waals surface area contributed by atoms with Gasteiger partial charge in [-0.25, -0.2) is 0 Å². The van der Waals surface area contributed by atoms with Crippen molar-refractivity contribution in [3.63, 3.8) is 0 Å². The van der Waals surface area contributed by atoms with E-state index in [1.54, 1.807) is 0 Å². The Hall–Kier alpha value is -0.810. The van der Waals surface area contributed by atoms with E-state index in [1.807, 2.05) is 30.3 Å². The molecule has 2 rings (SSSR count). The number of halogens is 2. The van der Waals surface area contributed by atoms with E-state index in [2.05, 4.69) is 24.1 Å². The van der Waals surface area contributed by atoms with Gasteiger partial charge in [-0.05, 0) is 44.0 Å². The molecule has 1 aliphatic rings. The van der Waals surface area contributed by atoms with Gasteiger partial charge in [0, 0.05) is 6.04 Å². The number of likely N-dealkylation sites (N-methyl/N-ethyl adjacent to an activating group) is 1. The first-order chi connectivity index (χ1) is 10.7. The molecule has 4 nitrogen and oxygen atoms in total. The summed E-state index contributed by atoms with van der Waals surface area (Å²) in [5, 5.41) is 3.27. The van der Waals surface area contributed by atoms with Crippen LogP contribution in [-0.2, 0) is 4.79 Å². The fourth-order valence-corrected chi connectivity index (χ4v) is 3.52. The average molecular weight is 376 g/mol. The Kier molecular flexibility index (Phi) is 11.3. The van der Waals surface area contributed by atoms with Crippen LogP contribution in [0.5, 0.6) is 0 Å². The summed E-state index contributed by atoms with van der Waals surface area (Å²) in [4.78, 5) is 15.1. The van der Waals surface area contributed by atoms with Crippen LogP contribution in [0.3, 0.4) is 0 Å². The summed E-state index contributed by atoms with van der Waals surface area (Å²) in [6.45, 7) is 6.57. The Bertz CT molecular complexity index is 469. The molecule has 6 heteroatoms. The Morgan fingerprint density at radius 3 is 2.38 bits per heavy atom. The molecule has 1 aromatic rings. The minimum atomic E-state index is -0.213. The first-order valence-electron chi connectivity index (χ1n) is 8.50. The van der Waals surface area contributed by atoms with Crippen LogP contribution in [0.25, 0.3) is 0 Å². The summed E-state index contributed by atoms with van der Waals surface area (Å²) in [5.74, 6) is 0.539. The number of hydrogen-bond donors (Lipinski definition) is 2. The molecule has 0 saturated heterocycles. The molecular formula is C18H31Cl2N3O. The molecule has 1 aliphatic carbocycles. The predicted molar refractivity (Wildman–Crippen MR) is 105 cm³/mol. The fourth-order valence-electron chi connectivity index (χ4n) is 3.52. The van der Waals surface area contributed by atoms with Crippen LogP contribution in [0, 0.1) is 5.92 Å². The van der Waals surface area contributed by atoms with E-state index in [4.69, 9.17) is 5.73 Å². The smallest absolute Gasteiger partial charge is 0.242 e. The van der Waals surface area contributed by atoms with Gasteiger partial charge in [0.05, 0.1) is 0 Å². The monoisotopic (exact) mass is 375 g/mol. The second-order valence-electron chi connectivity index (χ2n) is 6.08. The van der Waals surface area contributed by atoms with Crippen LogP contribution in [0.4, 0.5) is 0 Å². The molecule has 138 valence electrons. The van der Waals surface area contributed by atoms with Crippen molar-refractivity contribution in [2.24, 2.45) is 11.7 Å². The normalized spacial score (nSPS) is 20.8. The molecular weight excluding hydrogens is 345 g/mol. The number of rotatable bonds is 7. The Morgan fingerprint density at radius 2 is 1.83 bits per heavy atom. The Labute approximate surface area is 158 Å². The first kappa shape index (κ1) is 23.2. The van der Waals surface area contributed by atoms with Gasteiger partial charge >= 0.3 is 0 Å². The average Bonchev–Trinajstić information content (AvgIpc) is 3.00. The number of amides is 1. The molecule has 3 atom stereocenters. The summed E-state index contributed by atoms with van der Waals surface area (Å²) in [6.07, 6.45) is 3.34. The second-order valence-corrected chi connectivity index (χ2v) is 6.08. The van der Waals surface area contributed by atoms with Crippen LogP contribution in [0.2, 0.25) is 0 Å². The van der Waals surface area contributed by atoms with Gasteiger partial charge in [0.25, 0.3) is 0 Å². The Morgan fingerprint density at radius 1 is 1.21 bits per heavy atom. The van der Waals surface area contributed by atoms with E-state index in [-0.39, 0.29) is 42.8 Å². The molecule has 0 aliphatic heterocycles. The van der Waals surface area contributed by atoms with Gasteiger partial charge in [-0.15, -0.1) is 24.8 Å². The maximum atomic E-state index is 12.9. The van der Waals surface area contributed by atoms with E-state index in [1.165, 1.54) is 0 Å². The molecule has 1 fully saturated rings. The minimum Gasteiger partial charge on any atom is -0.351 e. The zero-order valence-electron chi connectivity index (χ0n) is 14.6. The molecule has 1 amide bonds. The van der Waals surface area contributed by atoms with Gasteiger partial charge in [0.15, 0.2) is 0 Å². The van der Waals surface area contributed by atoms with Gasteiger partial charge < -0.3 is 11.1 Å². The van der Waals surface area contributed by atoms with E-state index >= 15 is 0 Å². The largest absolute Gasteiger partial charge is 0.351 e. The zero-order chi connectivity index (χ0) is 15.9. The minimum absolute atomic E-state index is 0. The molecule has 1 aromatic carbocycles. The summed E-state index contributed by atoms with van der Waals surface area (Å²) in [6, 6.07) is 10.1. The maximum absolute atomic E-state index is 12.9. The summed E-state index contributed by atoms with van der Waals surface area (Å²) >= 11 is 0. The molecule has 0 spiro atoms. The van der Waals surface area contributed by atoms with Crippen molar-refractivity contribution in [2.45, 2.75) is 45.2 Å². The lowest BCUT2D eigenvalue weighted by Crippen LogP contribution is -2.46. The lowest BCUT2D eigenvalue weighted by atomic mass is 10.0. The lowest BCUT2D eigenvalue weighted by Gasteiger charge is -2.31. The van der Waals surface area contributed by atoms with E-state index in [9.17, 15) is 4.79 Å². The number of hydrogen-bond acceptors (Lipinski definition) is 3. The van der Waals surface area contributed by atoms with Gasteiger partial charge in [-0.2, -0.15) is 0 Å². The summed E-state index contributed by atoms with van der Waals surface area (Å²) in [7, 11) is 0. The molecule has 3 N–H and O–H groups in total. The van der Waals surface area contributed by atoms with Crippen LogP contribution in [0.15, 0.2) is 30.3 Å². The van der Waals surface area contributed by atoms with Crippen molar-refractivity contribution in [3.05, 3.63) is 35.9 Å². The standard InChI is InChI=1S/C18H29N3O.2ClH/c1-3-21(4-2)17(14-9-6-5-7-10-14)18(22)20-16-12-8-11-15(16)13-19;;/h5-7,9-10,15-17H,3-4,8,11-13,19H2,1-2H3,(H,20,22);2*1H. The highest BCUT2D eigenvalue weighted by Crippen LogP contribution is 2.27. The van der Waals surface area contributed by atoms with Crippen LogP contribution in [0.1, 0.15) is 44.7 Å². The van der Waals surface area contributed by atoms with Crippen molar-refractivity contribution in [1.29, 1.82) is 0 Å². The van der Waals surface area contributed by atoms with Gasteiger partial charge in [0.2, 0.25) is 5.91 Å². The van der Waals surface area contributed by atoms with Gasteiger partial charge in [0.1, 0.15) is 6.04 Å². The third-order valence-electron chi connectivity index (χ3n) is 4.83. The number of carbonyl (C=O) groups is 1. The van der Waals surface area contributed by atoms with Crippen LogP contribution >= 0.6 is 24.8 Å². The van der Waals surface area contributed by atoms with E-state index in [0.29, 0.717) is 12.5 Å². The molecule has 0 heterocycles. The number of benzene rings is 1. The van der Waals surface area contributed by atoms with Crippen LogP contribution in [-0.4, -0.2) is 36.5 Å². The summed E-state index contributed by atoms with van der Waals surface area (Å²) in [5.41, 5.74) is 6.90. The molecule has 0 bridgehead atoms. The highest BCUT2D eigenvalue weighted by Gasteiger charge is 2.32. The SMILES string of the molecule is CCN(CC)C(C(=O)NC1CCCC1CN)c1ccccc1.Cl.Cl. The Balaban J connectivity index is 0.00000264. The van der Waals surface area contributed by atoms with Gasteiger partial charge in [-0.1, -0.05) is 50.6 Å². The lowest BCUT2D eigenvalue weighted by molar-refractivity contribution is -0.127. The topological polar surface area (TPSA) is 58.4 Å².